The van der Waals surface area contributed by atoms with Gasteiger partial charge >= 0.3 is 0 Å². The van der Waals surface area contributed by atoms with Gasteiger partial charge in [0, 0.05) is 27.2 Å². The quantitative estimate of drug-likeness (QED) is 0.770. The van der Waals surface area contributed by atoms with Crippen molar-refractivity contribution in [3.05, 3.63) is 35.7 Å². The van der Waals surface area contributed by atoms with Crippen LogP contribution >= 0.6 is 0 Å². The summed E-state index contributed by atoms with van der Waals surface area (Å²) in [6.07, 6.45) is 3.37. The number of anilines is 2. The van der Waals surface area contributed by atoms with E-state index in [1.165, 1.54) is 30.7 Å². The van der Waals surface area contributed by atoms with E-state index in [0.717, 1.165) is 25.9 Å². The van der Waals surface area contributed by atoms with Crippen LogP contribution in [0.15, 0.2) is 29.2 Å². The second-order valence-corrected chi connectivity index (χ2v) is 8.52. The molecule has 1 aromatic heterocycles. The number of hydrogen-bond donors (Lipinski definition) is 1. The minimum atomic E-state index is -3.74. The summed E-state index contributed by atoms with van der Waals surface area (Å²) in [4.78, 5) is 17.3. The van der Waals surface area contributed by atoms with E-state index < -0.39 is 10.0 Å². The van der Waals surface area contributed by atoms with Crippen LogP contribution < -0.4 is 14.5 Å². The molecule has 0 bridgehead atoms. The highest BCUT2D eigenvalue weighted by atomic mass is 32.2. The number of nitriles is 1. The number of benzene rings is 1. The van der Waals surface area contributed by atoms with E-state index in [2.05, 4.69) is 24.6 Å². The van der Waals surface area contributed by atoms with E-state index in [4.69, 9.17) is 5.26 Å². The normalized spacial score (nSPS) is 14.5. The van der Waals surface area contributed by atoms with E-state index >= 15 is 0 Å². The third-order valence-electron chi connectivity index (χ3n) is 4.41. The fraction of sp³-hybridized carbons (Fsp3) is 0.444. The van der Waals surface area contributed by atoms with E-state index in [1.807, 2.05) is 20.2 Å². The van der Waals surface area contributed by atoms with Crippen LogP contribution in [0.3, 0.4) is 0 Å². The highest BCUT2D eigenvalue weighted by Crippen LogP contribution is 2.18. The van der Waals surface area contributed by atoms with Gasteiger partial charge in [-0.2, -0.15) is 20.2 Å². The molecule has 0 atom stereocenters. The van der Waals surface area contributed by atoms with Gasteiger partial charge in [-0.25, -0.2) is 13.1 Å². The highest BCUT2D eigenvalue weighted by Gasteiger charge is 2.19. The summed E-state index contributed by atoms with van der Waals surface area (Å²) >= 11 is 0. The van der Waals surface area contributed by atoms with Gasteiger partial charge in [0.2, 0.25) is 21.9 Å². The van der Waals surface area contributed by atoms with E-state index in [-0.39, 0.29) is 11.4 Å². The Hall–Kier alpha value is -2.77. The number of rotatable bonds is 6. The van der Waals surface area contributed by atoms with Crippen molar-refractivity contribution in [1.82, 2.24) is 19.7 Å². The zero-order chi connectivity index (χ0) is 20.1. The van der Waals surface area contributed by atoms with Crippen molar-refractivity contribution < 1.29 is 8.42 Å². The lowest BCUT2D eigenvalue weighted by Crippen LogP contribution is -2.33. The van der Waals surface area contributed by atoms with Crippen molar-refractivity contribution >= 4 is 21.9 Å². The Morgan fingerprint density at radius 2 is 1.79 bits per heavy atom. The molecule has 9 nitrogen and oxygen atoms in total. The van der Waals surface area contributed by atoms with Gasteiger partial charge in [0.05, 0.1) is 23.1 Å². The summed E-state index contributed by atoms with van der Waals surface area (Å²) in [5, 5.41) is 8.84. The summed E-state index contributed by atoms with van der Waals surface area (Å²) in [5.41, 5.74) is 0.401. The molecule has 148 valence electrons. The maximum Gasteiger partial charge on any atom is 0.240 e. The molecule has 0 unspecified atom stereocenters. The molecule has 1 aliphatic heterocycles. The largest absolute Gasteiger partial charge is 0.347 e. The van der Waals surface area contributed by atoms with E-state index in [0.29, 0.717) is 23.3 Å². The first-order valence-corrected chi connectivity index (χ1v) is 10.5. The van der Waals surface area contributed by atoms with Crippen LogP contribution in [-0.2, 0) is 16.6 Å². The molecule has 0 spiro atoms. The van der Waals surface area contributed by atoms with Crippen molar-refractivity contribution in [2.24, 2.45) is 0 Å². The van der Waals surface area contributed by atoms with Gasteiger partial charge in [0.25, 0.3) is 0 Å². The monoisotopic (exact) mass is 401 g/mol. The van der Waals surface area contributed by atoms with Crippen LogP contribution in [0, 0.1) is 11.3 Å². The number of nitrogens with one attached hydrogen (secondary N) is 1. The third-order valence-corrected chi connectivity index (χ3v) is 5.83. The minimum Gasteiger partial charge on any atom is -0.347 e. The predicted molar refractivity (Wildman–Crippen MR) is 105 cm³/mol. The van der Waals surface area contributed by atoms with Gasteiger partial charge in [-0.1, -0.05) is 0 Å². The average molecular weight is 401 g/mol. The Bertz CT molecular complexity index is 962. The molecule has 1 aromatic carbocycles. The lowest BCUT2D eigenvalue weighted by atomic mass is 10.1. The molecule has 0 aliphatic carbocycles. The van der Waals surface area contributed by atoms with Crippen molar-refractivity contribution in [2.75, 3.05) is 37.0 Å². The Labute approximate surface area is 165 Å². The molecular formula is C18H23N7O2S. The first-order chi connectivity index (χ1) is 13.4. The maximum atomic E-state index is 12.5. The van der Waals surface area contributed by atoms with Crippen LogP contribution in [0.25, 0.3) is 0 Å². The SMILES string of the molecule is CN(C)c1nc(CNS(=O)(=O)c2ccc(C#N)cc2)nc(N2CCCCC2)n1. The summed E-state index contributed by atoms with van der Waals surface area (Å²) < 4.78 is 27.6. The molecule has 2 aromatic rings. The van der Waals surface area contributed by atoms with Crippen LogP contribution in [-0.4, -0.2) is 50.6 Å². The molecular weight excluding hydrogens is 378 g/mol. The summed E-state index contributed by atoms with van der Waals surface area (Å²) in [5.74, 6) is 1.42. The topological polar surface area (TPSA) is 115 Å². The third kappa shape index (κ3) is 4.74. The van der Waals surface area contributed by atoms with Crippen LogP contribution in [0.5, 0.6) is 0 Å². The maximum absolute atomic E-state index is 12.5. The average Bonchev–Trinajstić information content (AvgIpc) is 2.73. The fourth-order valence-electron chi connectivity index (χ4n) is 2.86. The van der Waals surface area contributed by atoms with Crippen molar-refractivity contribution in [3.8, 4) is 6.07 Å². The molecule has 1 aliphatic rings. The minimum absolute atomic E-state index is 0.0491. The van der Waals surface area contributed by atoms with Crippen LogP contribution in [0.1, 0.15) is 30.7 Å². The molecule has 0 saturated carbocycles. The first-order valence-electron chi connectivity index (χ1n) is 9.06. The number of hydrogen-bond acceptors (Lipinski definition) is 8. The standard InChI is InChI=1S/C18H23N7O2S/c1-24(2)17-21-16(22-18(23-17)25-10-4-3-5-11-25)13-20-28(26,27)15-8-6-14(12-19)7-9-15/h6-9,20H,3-5,10-11,13H2,1-2H3. The molecule has 1 saturated heterocycles. The summed E-state index contributed by atoms with van der Waals surface area (Å²) in [6, 6.07) is 7.71. The fourth-order valence-corrected chi connectivity index (χ4v) is 3.84. The number of piperidine rings is 1. The Kier molecular flexibility index (Phi) is 6.06. The Balaban J connectivity index is 1.80. The van der Waals surface area contributed by atoms with Gasteiger partial charge in [0.15, 0.2) is 5.82 Å². The summed E-state index contributed by atoms with van der Waals surface area (Å²) in [7, 11) is -0.0746. The molecule has 10 heteroatoms. The van der Waals surface area contributed by atoms with Gasteiger partial charge < -0.3 is 9.80 Å². The van der Waals surface area contributed by atoms with Gasteiger partial charge in [-0.05, 0) is 43.5 Å². The van der Waals surface area contributed by atoms with Crippen molar-refractivity contribution in [2.45, 2.75) is 30.7 Å². The lowest BCUT2D eigenvalue weighted by molar-refractivity contribution is 0.563. The zero-order valence-electron chi connectivity index (χ0n) is 16.0. The smallest absolute Gasteiger partial charge is 0.240 e. The molecule has 28 heavy (non-hydrogen) atoms. The lowest BCUT2D eigenvalue weighted by Gasteiger charge is -2.27. The highest BCUT2D eigenvalue weighted by molar-refractivity contribution is 7.89. The molecule has 1 N–H and O–H groups in total. The number of aromatic nitrogens is 3. The Morgan fingerprint density at radius 1 is 1.11 bits per heavy atom. The molecule has 0 radical (unpaired) electrons. The molecule has 2 heterocycles. The van der Waals surface area contributed by atoms with Gasteiger partial charge in [-0.3, -0.25) is 0 Å². The van der Waals surface area contributed by atoms with Crippen LogP contribution in [0.4, 0.5) is 11.9 Å². The predicted octanol–water partition coefficient (Wildman–Crippen LogP) is 1.28. The Morgan fingerprint density at radius 3 is 2.39 bits per heavy atom. The molecule has 3 rings (SSSR count). The second-order valence-electron chi connectivity index (χ2n) is 6.75. The van der Waals surface area contributed by atoms with Crippen molar-refractivity contribution in [3.63, 3.8) is 0 Å². The second kappa shape index (κ2) is 8.50. The molecule has 1 fully saturated rings. The van der Waals surface area contributed by atoms with Crippen molar-refractivity contribution in [1.29, 1.82) is 5.26 Å². The zero-order valence-corrected chi connectivity index (χ0v) is 16.8. The van der Waals surface area contributed by atoms with E-state index in [9.17, 15) is 8.42 Å². The van der Waals surface area contributed by atoms with Gasteiger partial charge in [0.1, 0.15) is 0 Å². The first kappa shape index (κ1) is 20.0. The van der Waals surface area contributed by atoms with Gasteiger partial charge in [-0.15, -0.1) is 0 Å². The van der Waals surface area contributed by atoms with E-state index in [1.54, 1.807) is 4.90 Å². The number of sulfonamides is 1. The summed E-state index contributed by atoms with van der Waals surface area (Å²) in [6.45, 7) is 1.72. The van der Waals surface area contributed by atoms with Crippen LogP contribution in [0.2, 0.25) is 0 Å². The number of nitrogens with zero attached hydrogens (tertiary/aromatic N) is 6. The molecule has 0 amide bonds.